The second-order valence-electron chi connectivity index (χ2n) is 21.2. The van der Waals surface area contributed by atoms with Crippen LogP contribution in [0.25, 0.3) is 0 Å². The SMILES string of the molecule is C[C@H](CCC1(O)O[C@H]2C[C@H]3[C@@H]4CC[C@H]5C[C@@H](O[C@@H]6O[C@H](CO[C@@H]7OC[C@@H](O)[C@H](O)[C@H]7O)[C@@H](O)[C@H](O)[C@H]6O)[C@H](O)C[C@]5(C)[C@H]4CC[C@]3(C)[C@H]2[C@@H]1C)CO[C@@H]1O[C@H](CO)[C@@H](O)[C@H](O)[C@H]1O. The predicted octanol–water partition coefficient (Wildman–Crippen LogP) is -2.17. The van der Waals surface area contributed by atoms with Gasteiger partial charge in [-0.1, -0.05) is 27.7 Å². The molecule has 8 aliphatic rings. The van der Waals surface area contributed by atoms with Gasteiger partial charge in [0.05, 0.1) is 44.7 Å². The average molecular weight is 907 g/mol. The molecule has 4 aliphatic heterocycles. The Bertz CT molecular complexity index is 1550. The largest absolute Gasteiger partial charge is 0.394 e. The minimum atomic E-state index is -1.66. The zero-order chi connectivity index (χ0) is 45.5. The monoisotopic (exact) mass is 906 g/mol. The summed E-state index contributed by atoms with van der Waals surface area (Å²) in [5.74, 6) is 0.0396. The standard InChI is InChI=1S/C44H74O19/c1-18(15-57-40-37(54)34(51)32(49)28(14-45)61-40)7-10-44(56)19(2)30-27(63-44)12-23-21-6-5-20-11-26(24(46)13-43(20,4)22(21)8-9-42(23,30)3)60-41-38(55)35(52)33(50)29(62-41)17-59-39-36(53)31(48)25(47)16-58-39/h18-41,45-56H,5-17H2,1-4H3/t18-,19+,20+,21-,22+,23+,24-,25-,26-,27+,28-,29-,30+,31+,32-,33-,34+,35+,36-,37-,38-,39+,40-,41-,42+,43+,44?/m1/s1. The molecule has 4 heterocycles. The molecular formula is C44H74O19. The maximum Gasteiger partial charge on any atom is 0.187 e. The first-order valence-corrected chi connectivity index (χ1v) is 23.3. The van der Waals surface area contributed by atoms with E-state index in [0.29, 0.717) is 43.4 Å². The molecule has 4 saturated heterocycles. The van der Waals surface area contributed by atoms with Crippen molar-refractivity contribution in [1.82, 2.24) is 0 Å². The lowest BCUT2D eigenvalue weighted by atomic mass is 9.44. The highest BCUT2D eigenvalue weighted by atomic mass is 16.7. The van der Waals surface area contributed by atoms with E-state index in [0.717, 1.165) is 32.1 Å². The van der Waals surface area contributed by atoms with E-state index < -0.39 is 117 Å². The fraction of sp³-hybridized carbons (Fsp3) is 1.00. The van der Waals surface area contributed by atoms with Crippen LogP contribution in [0.5, 0.6) is 0 Å². The van der Waals surface area contributed by atoms with Crippen LogP contribution >= 0.6 is 0 Å². The summed E-state index contributed by atoms with van der Waals surface area (Å²) in [6.45, 7) is 7.67. The molecule has 0 spiro atoms. The van der Waals surface area contributed by atoms with Gasteiger partial charge in [0.1, 0.15) is 67.1 Å². The van der Waals surface area contributed by atoms with Gasteiger partial charge in [-0.3, -0.25) is 0 Å². The van der Waals surface area contributed by atoms with Gasteiger partial charge in [-0.25, -0.2) is 0 Å². The Kier molecular flexibility index (Phi) is 14.4. The maximum absolute atomic E-state index is 12.0. The fourth-order valence-electron chi connectivity index (χ4n) is 13.8. The van der Waals surface area contributed by atoms with Crippen LogP contribution in [0.4, 0.5) is 0 Å². The van der Waals surface area contributed by atoms with Crippen molar-refractivity contribution in [3.8, 4) is 0 Å². The minimum absolute atomic E-state index is 0.0436. The topological polar surface area (TPSA) is 307 Å². The van der Waals surface area contributed by atoms with Crippen molar-refractivity contribution in [2.24, 2.45) is 52.3 Å². The third-order valence-electron chi connectivity index (χ3n) is 17.6. The molecule has 4 aliphatic carbocycles. The normalized spacial score (nSPS) is 56.3. The van der Waals surface area contributed by atoms with Crippen LogP contribution in [0.3, 0.4) is 0 Å². The third kappa shape index (κ3) is 8.69. The smallest absolute Gasteiger partial charge is 0.187 e. The summed E-state index contributed by atoms with van der Waals surface area (Å²) in [6.07, 6.45) is -14.9. The van der Waals surface area contributed by atoms with Crippen molar-refractivity contribution in [3.63, 3.8) is 0 Å². The summed E-state index contributed by atoms with van der Waals surface area (Å²) in [6, 6.07) is 0. The number of hydrogen-bond donors (Lipinski definition) is 12. The quantitative estimate of drug-likeness (QED) is 0.0928. The lowest BCUT2D eigenvalue weighted by Crippen LogP contribution is -2.62. The lowest BCUT2D eigenvalue weighted by molar-refractivity contribution is -0.336. The van der Waals surface area contributed by atoms with E-state index in [-0.39, 0.29) is 53.8 Å². The van der Waals surface area contributed by atoms with Gasteiger partial charge in [-0.2, -0.15) is 0 Å². The van der Waals surface area contributed by atoms with Crippen molar-refractivity contribution >= 4 is 0 Å². The maximum atomic E-state index is 12.0. The molecule has 8 rings (SSSR count). The molecule has 0 radical (unpaired) electrons. The van der Waals surface area contributed by atoms with Gasteiger partial charge in [-0.15, -0.1) is 0 Å². The van der Waals surface area contributed by atoms with Crippen LogP contribution in [0, 0.1) is 52.3 Å². The molecule has 364 valence electrons. The number of ether oxygens (including phenoxy) is 7. The van der Waals surface area contributed by atoms with Crippen molar-refractivity contribution in [3.05, 3.63) is 0 Å². The van der Waals surface area contributed by atoms with E-state index in [9.17, 15) is 61.3 Å². The van der Waals surface area contributed by atoms with E-state index in [4.69, 9.17) is 33.2 Å². The Morgan fingerprint density at radius 3 is 2.08 bits per heavy atom. The van der Waals surface area contributed by atoms with Crippen molar-refractivity contribution in [1.29, 1.82) is 0 Å². The molecule has 4 saturated carbocycles. The third-order valence-corrected chi connectivity index (χ3v) is 17.6. The van der Waals surface area contributed by atoms with Crippen LogP contribution in [0.15, 0.2) is 0 Å². The van der Waals surface area contributed by atoms with Gasteiger partial charge < -0.3 is 94.4 Å². The molecule has 0 bridgehead atoms. The van der Waals surface area contributed by atoms with Crippen LogP contribution < -0.4 is 0 Å². The Morgan fingerprint density at radius 1 is 0.698 bits per heavy atom. The summed E-state index contributed by atoms with van der Waals surface area (Å²) in [5, 5.41) is 126. The van der Waals surface area contributed by atoms with Crippen LogP contribution in [0.2, 0.25) is 0 Å². The Hall–Kier alpha value is -0.760. The summed E-state index contributed by atoms with van der Waals surface area (Å²) < 4.78 is 40.9. The molecule has 1 unspecified atom stereocenters. The zero-order valence-corrected chi connectivity index (χ0v) is 36.8. The fourth-order valence-corrected chi connectivity index (χ4v) is 13.8. The number of rotatable bonds is 12. The Balaban J connectivity index is 0.848. The zero-order valence-electron chi connectivity index (χ0n) is 36.8. The van der Waals surface area contributed by atoms with Gasteiger partial charge >= 0.3 is 0 Å². The van der Waals surface area contributed by atoms with E-state index in [1.54, 1.807) is 0 Å². The average Bonchev–Trinajstić information content (AvgIpc) is 3.69. The number of aliphatic hydroxyl groups excluding tert-OH is 11. The molecular weight excluding hydrogens is 832 g/mol. The first-order valence-electron chi connectivity index (χ1n) is 23.3. The van der Waals surface area contributed by atoms with E-state index in [1.165, 1.54) is 0 Å². The highest BCUT2D eigenvalue weighted by Crippen LogP contribution is 2.71. The first kappa shape index (κ1) is 48.7. The van der Waals surface area contributed by atoms with Crippen LogP contribution in [-0.4, -0.2) is 198 Å². The Morgan fingerprint density at radius 2 is 1.37 bits per heavy atom. The molecule has 27 atom stereocenters. The second-order valence-corrected chi connectivity index (χ2v) is 21.2. The van der Waals surface area contributed by atoms with Crippen molar-refractivity contribution in [2.45, 2.75) is 196 Å². The lowest BCUT2D eigenvalue weighted by Gasteiger charge is -2.62. The molecule has 12 N–H and O–H groups in total. The number of aliphatic hydroxyl groups is 12. The van der Waals surface area contributed by atoms with E-state index >= 15 is 0 Å². The van der Waals surface area contributed by atoms with Crippen LogP contribution in [-0.2, 0) is 33.2 Å². The minimum Gasteiger partial charge on any atom is -0.394 e. The molecule has 0 aromatic rings. The van der Waals surface area contributed by atoms with E-state index in [2.05, 4.69) is 20.8 Å². The predicted molar refractivity (Wildman–Crippen MR) is 214 cm³/mol. The number of hydrogen-bond acceptors (Lipinski definition) is 19. The highest BCUT2D eigenvalue weighted by molar-refractivity contribution is 5.15. The molecule has 19 heteroatoms. The molecule has 19 nitrogen and oxygen atoms in total. The first-order chi connectivity index (χ1) is 29.7. The number of fused-ring (bicyclic) bond motifs is 7. The second kappa shape index (κ2) is 18.6. The Labute approximate surface area is 368 Å². The van der Waals surface area contributed by atoms with Gasteiger partial charge in [0, 0.05) is 12.3 Å². The summed E-state index contributed by atoms with van der Waals surface area (Å²) in [5.41, 5.74) is -0.225. The highest BCUT2D eigenvalue weighted by Gasteiger charge is 2.69. The summed E-state index contributed by atoms with van der Waals surface area (Å²) in [7, 11) is 0. The van der Waals surface area contributed by atoms with E-state index in [1.807, 2.05) is 6.92 Å². The van der Waals surface area contributed by atoms with Gasteiger partial charge in [0.15, 0.2) is 24.7 Å². The van der Waals surface area contributed by atoms with Crippen molar-refractivity contribution in [2.75, 3.05) is 26.4 Å². The molecule has 0 aromatic carbocycles. The molecule has 63 heavy (non-hydrogen) atoms. The molecule has 0 amide bonds. The van der Waals surface area contributed by atoms with Gasteiger partial charge in [0.2, 0.25) is 0 Å². The van der Waals surface area contributed by atoms with Gasteiger partial charge in [-0.05, 0) is 97.7 Å². The molecule has 0 aromatic heterocycles. The summed E-state index contributed by atoms with van der Waals surface area (Å²) >= 11 is 0. The van der Waals surface area contributed by atoms with Crippen molar-refractivity contribution < 1.29 is 94.4 Å². The molecule has 8 fully saturated rings. The summed E-state index contributed by atoms with van der Waals surface area (Å²) in [4.78, 5) is 0. The van der Waals surface area contributed by atoms with Gasteiger partial charge in [0.25, 0.3) is 0 Å². The van der Waals surface area contributed by atoms with Crippen LogP contribution in [0.1, 0.15) is 85.5 Å².